The van der Waals surface area contributed by atoms with Crippen molar-refractivity contribution in [1.82, 2.24) is 19.5 Å². The van der Waals surface area contributed by atoms with E-state index in [1.54, 1.807) is 0 Å². The van der Waals surface area contributed by atoms with Gasteiger partial charge in [-0.05, 0) is 41.5 Å². The molecule has 0 radical (unpaired) electrons. The molecule has 0 bridgehead atoms. The van der Waals surface area contributed by atoms with Gasteiger partial charge < -0.3 is 4.90 Å². The summed E-state index contributed by atoms with van der Waals surface area (Å²) in [6.07, 6.45) is 3.82. The van der Waals surface area contributed by atoms with Crippen LogP contribution < -0.4 is 4.90 Å². The number of fused-ring (bicyclic) bond motifs is 10. The number of anilines is 3. The number of nitrogens with zero attached hydrogens (tertiary/aromatic N) is 5. The molecule has 5 heteroatoms. The van der Waals surface area contributed by atoms with Gasteiger partial charge in [-0.2, -0.15) is 0 Å². The van der Waals surface area contributed by atoms with Crippen LogP contribution in [0.1, 0.15) is 0 Å². The van der Waals surface area contributed by atoms with Gasteiger partial charge in [0.2, 0.25) is 5.95 Å². The summed E-state index contributed by atoms with van der Waals surface area (Å²) < 4.78 is 2.25. The maximum absolute atomic E-state index is 5.39. The lowest BCUT2D eigenvalue weighted by Gasteiger charge is -2.28. The molecule has 5 nitrogen and oxygen atoms in total. The van der Waals surface area contributed by atoms with E-state index >= 15 is 0 Å². The fraction of sp³-hybridized carbons (Fsp3) is 0. The van der Waals surface area contributed by atoms with Crippen LogP contribution in [0.3, 0.4) is 0 Å². The lowest BCUT2D eigenvalue weighted by atomic mass is 9.94. The predicted octanol–water partition coefficient (Wildman–Crippen LogP) is 10.9. The molecular weight excluding hydrogens is 587 g/mol. The summed E-state index contributed by atoms with van der Waals surface area (Å²) in [5.74, 6) is 0.617. The van der Waals surface area contributed by atoms with Gasteiger partial charge in [-0.3, -0.25) is 9.55 Å². The summed E-state index contributed by atoms with van der Waals surface area (Å²) in [6.45, 7) is 0. The normalized spacial score (nSPS) is 12.1. The van der Waals surface area contributed by atoms with Crippen molar-refractivity contribution in [1.29, 1.82) is 0 Å². The first-order valence-corrected chi connectivity index (χ1v) is 16.1. The van der Waals surface area contributed by atoms with Crippen LogP contribution in [0.5, 0.6) is 0 Å². The van der Waals surface area contributed by atoms with Gasteiger partial charge in [0, 0.05) is 50.9 Å². The van der Waals surface area contributed by atoms with Gasteiger partial charge in [0.1, 0.15) is 0 Å². The zero-order valence-corrected chi connectivity index (χ0v) is 25.8. The van der Waals surface area contributed by atoms with Gasteiger partial charge in [-0.15, -0.1) is 0 Å². The zero-order chi connectivity index (χ0) is 31.6. The standard InChI is InChI=1S/C43H27N5/c1-3-13-28(14-4-1)40-35-20-9-11-21-37(35)45-43(46-40)48-39-25-26-44-27-36(39)34-24-23-33-31-18-8-7-17-30(31)32-19-10-12-22-38(32)47(41(33)42(34)48)29-15-5-2-6-16-29/h1-27H. The Morgan fingerprint density at radius 2 is 1.17 bits per heavy atom. The monoisotopic (exact) mass is 613 g/mol. The molecule has 6 aromatic carbocycles. The SMILES string of the molecule is c1ccc(-c2nc(-n3c4ccncc4c4ccc5c(c43)N(c3ccccc3)c3ccccc3-c3ccccc3-5)nc3ccccc23)cc1. The summed E-state index contributed by atoms with van der Waals surface area (Å²) in [7, 11) is 0. The molecule has 4 heterocycles. The molecule has 0 amide bonds. The quantitative estimate of drug-likeness (QED) is 0.199. The van der Waals surface area contributed by atoms with E-state index < -0.39 is 0 Å². The second-order valence-corrected chi connectivity index (χ2v) is 12.1. The van der Waals surface area contributed by atoms with E-state index in [4.69, 9.17) is 9.97 Å². The van der Waals surface area contributed by atoms with E-state index in [9.17, 15) is 0 Å². The molecule has 1 aliphatic rings. The number of hydrogen-bond donors (Lipinski definition) is 0. The van der Waals surface area contributed by atoms with E-state index in [1.165, 1.54) is 16.7 Å². The first kappa shape index (κ1) is 26.6. The minimum Gasteiger partial charge on any atom is -0.307 e. The molecule has 0 N–H and O–H groups in total. The second kappa shape index (κ2) is 10.5. The Bertz CT molecular complexity index is 2680. The lowest BCUT2D eigenvalue weighted by Crippen LogP contribution is -2.13. The molecule has 0 saturated heterocycles. The number of rotatable bonds is 3. The third kappa shape index (κ3) is 3.88. The summed E-state index contributed by atoms with van der Waals surface area (Å²) in [5, 5.41) is 3.15. The van der Waals surface area contributed by atoms with Gasteiger partial charge in [-0.1, -0.05) is 121 Å². The smallest absolute Gasteiger partial charge is 0.235 e. The molecular formula is C43H27N5. The van der Waals surface area contributed by atoms with Crippen molar-refractivity contribution < 1.29 is 0 Å². The molecule has 0 saturated carbocycles. The molecule has 10 rings (SSSR count). The molecule has 224 valence electrons. The Labute approximate surface area is 277 Å². The number of para-hydroxylation sites is 3. The Hall–Kier alpha value is -6.59. The van der Waals surface area contributed by atoms with E-state index in [-0.39, 0.29) is 0 Å². The van der Waals surface area contributed by atoms with Crippen LogP contribution in [0.15, 0.2) is 164 Å². The van der Waals surface area contributed by atoms with E-state index in [0.717, 1.165) is 66.6 Å². The minimum atomic E-state index is 0.617. The van der Waals surface area contributed by atoms with Crippen LogP contribution in [0.2, 0.25) is 0 Å². The summed E-state index contributed by atoms with van der Waals surface area (Å²) in [6, 6.07) is 53.3. The van der Waals surface area contributed by atoms with Gasteiger partial charge in [0.05, 0.1) is 33.6 Å². The average molecular weight is 614 g/mol. The van der Waals surface area contributed by atoms with Crippen LogP contribution in [-0.2, 0) is 0 Å². The van der Waals surface area contributed by atoms with Crippen LogP contribution in [0.4, 0.5) is 17.1 Å². The minimum absolute atomic E-state index is 0.617. The molecule has 48 heavy (non-hydrogen) atoms. The fourth-order valence-corrected chi connectivity index (χ4v) is 7.38. The predicted molar refractivity (Wildman–Crippen MR) is 196 cm³/mol. The molecule has 1 aliphatic heterocycles. The van der Waals surface area contributed by atoms with Crippen molar-refractivity contribution in [2.75, 3.05) is 4.90 Å². The van der Waals surface area contributed by atoms with Crippen molar-refractivity contribution in [3.8, 4) is 39.5 Å². The van der Waals surface area contributed by atoms with E-state index in [2.05, 4.69) is 154 Å². The topological polar surface area (TPSA) is 46.8 Å². The molecule has 3 aromatic heterocycles. The summed E-state index contributed by atoms with van der Waals surface area (Å²) >= 11 is 0. The van der Waals surface area contributed by atoms with Crippen LogP contribution >= 0.6 is 0 Å². The highest BCUT2D eigenvalue weighted by Gasteiger charge is 2.30. The highest BCUT2D eigenvalue weighted by Crippen LogP contribution is 2.54. The lowest BCUT2D eigenvalue weighted by molar-refractivity contribution is 1.01. The number of pyridine rings is 1. The molecule has 0 aliphatic carbocycles. The Morgan fingerprint density at radius 3 is 2.00 bits per heavy atom. The van der Waals surface area contributed by atoms with Crippen LogP contribution in [-0.4, -0.2) is 19.5 Å². The van der Waals surface area contributed by atoms with Gasteiger partial charge in [-0.25, -0.2) is 9.97 Å². The Kier molecular flexibility index (Phi) is 5.81. The molecule has 9 aromatic rings. The molecule has 0 spiro atoms. The highest BCUT2D eigenvalue weighted by molar-refractivity contribution is 6.19. The Balaban J connectivity index is 1.41. The second-order valence-electron chi connectivity index (χ2n) is 12.1. The first-order chi connectivity index (χ1) is 23.8. The van der Waals surface area contributed by atoms with E-state index in [1.807, 2.05) is 24.5 Å². The average Bonchev–Trinajstić information content (AvgIpc) is 3.44. The first-order valence-electron chi connectivity index (χ1n) is 16.1. The number of aromatic nitrogens is 4. The molecule has 0 atom stereocenters. The van der Waals surface area contributed by atoms with Crippen molar-refractivity contribution in [2.24, 2.45) is 0 Å². The Morgan fingerprint density at radius 1 is 0.479 bits per heavy atom. The van der Waals surface area contributed by atoms with Crippen LogP contribution in [0, 0.1) is 0 Å². The highest BCUT2D eigenvalue weighted by atomic mass is 15.2. The third-order valence-corrected chi connectivity index (χ3v) is 9.43. The van der Waals surface area contributed by atoms with Crippen molar-refractivity contribution in [3.63, 3.8) is 0 Å². The van der Waals surface area contributed by atoms with Crippen molar-refractivity contribution in [3.05, 3.63) is 164 Å². The van der Waals surface area contributed by atoms with Crippen molar-refractivity contribution in [2.45, 2.75) is 0 Å². The maximum atomic E-state index is 5.39. The summed E-state index contributed by atoms with van der Waals surface area (Å²) in [4.78, 5) is 17.7. The van der Waals surface area contributed by atoms with Gasteiger partial charge in [0.15, 0.2) is 0 Å². The number of hydrogen-bond acceptors (Lipinski definition) is 4. The van der Waals surface area contributed by atoms with Gasteiger partial charge in [0.25, 0.3) is 0 Å². The molecule has 0 fully saturated rings. The number of benzene rings is 6. The third-order valence-electron chi connectivity index (χ3n) is 9.43. The summed E-state index contributed by atoms with van der Waals surface area (Å²) in [5.41, 5.74) is 12.8. The maximum Gasteiger partial charge on any atom is 0.235 e. The van der Waals surface area contributed by atoms with E-state index in [0.29, 0.717) is 5.95 Å². The molecule has 0 unspecified atom stereocenters. The zero-order valence-electron chi connectivity index (χ0n) is 25.8. The largest absolute Gasteiger partial charge is 0.307 e. The van der Waals surface area contributed by atoms with Crippen molar-refractivity contribution >= 4 is 49.8 Å². The van der Waals surface area contributed by atoms with Gasteiger partial charge >= 0.3 is 0 Å². The van der Waals surface area contributed by atoms with Crippen LogP contribution in [0.25, 0.3) is 72.2 Å². The fourth-order valence-electron chi connectivity index (χ4n) is 7.38.